The summed E-state index contributed by atoms with van der Waals surface area (Å²) in [7, 11) is 0. The number of nitrogens with one attached hydrogen (secondary N) is 2. The van der Waals surface area contributed by atoms with E-state index < -0.39 is 23.8 Å². The van der Waals surface area contributed by atoms with Crippen LogP contribution < -0.4 is 10.6 Å². The van der Waals surface area contributed by atoms with Gasteiger partial charge in [0.25, 0.3) is 0 Å². The Morgan fingerprint density at radius 3 is 2.00 bits per heavy atom. The van der Waals surface area contributed by atoms with Crippen LogP contribution in [0.25, 0.3) is 0 Å². The number of carbonyl (C=O) groups is 3. The van der Waals surface area contributed by atoms with Crippen LogP contribution in [0.4, 0.5) is 4.79 Å². The first-order valence-corrected chi connectivity index (χ1v) is 15.3. The summed E-state index contributed by atoms with van der Waals surface area (Å²) in [6.07, 6.45) is 7.63. The number of hydrogen-bond donors (Lipinski definition) is 2. The van der Waals surface area contributed by atoms with Crippen molar-refractivity contribution in [1.82, 2.24) is 15.5 Å². The van der Waals surface area contributed by atoms with Crippen LogP contribution in [0.3, 0.4) is 0 Å². The number of rotatable bonds is 17. The summed E-state index contributed by atoms with van der Waals surface area (Å²) in [5.74, 6) is -0.502. The van der Waals surface area contributed by atoms with E-state index in [0.29, 0.717) is 13.1 Å². The van der Waals surface area contributed by atoms with Crippen LogP contribution >= 0.6 is 0 Å². The van der Waals surface area contributed by atoms with Gasteiger partial charge in [0.1, 0.15) is 17.7 Å². The first-order chi connectivity index (χ1) is 19.7. The van der Waals surface area contributed by atoms with Gasteiger partial charge in [-0.05, 0) is 44.7 Å². The molecule has 0 aliphatic rings. The largest absolute Gasteiger partial charge is 0.444 e. The molecule has 0 aliphatic heterocycles. The standard InChI is InChI=1S/C34H51N3O4/c1-6-8-10-11-19-25-37(30(28-22-16-13-17-23-28)31(38)35-24-18-9-7-2)32(39)29(26-27-20-14-12-15-21-27)36-33(40)41-34(3,4)5/h12-17,20-23,29-30H,6-11,18-19,24-26H2,1-5H3,(H,35,38)(H,36,40). The van der Waals surface area contributed by atoms with E-state index in [1.54, 1.807) is 25.7 Å². The number of carbonyl (C=O) groups excluding carboxylic acids is 3. The molecule has 0 aromatic heterocycles. The van der Waals surface area contributed by atoms with E-state index in [4.69, 9.17) is 4.74 Å². The van der Waals surface area contributed by atoms with Gasteiger partial charge in [-0.15, -0.1) is 0 Å². The average Bonchev–Trinajstić information content (AvgIpc) is 2.94. The number of amides is 3. The molecular formula is C34H51N3O4. The van der Waals surface area contributed by atoms with E-state index >= 15 is 0 Å². The van der Waals surface area contributed by atoms with Crippen LogP contribution in [-0.2, 0) is 20.7 Å². The van der Waals surface area contributed by atoms with E-state index in [2.05, 4.69) is 24.5 Å². The third kappa shape index (κ3) is 12.8. The Balaban J connectivity index is 2.45. The van der Waals surface area contributed by atoms with E-state index in [9.17, 15) is 14.4 Å². The third-order valence-corrected chi connectivity index (χ3v) is 6.81. The predicted molar refractivity (Wildman–Crippen MR) is 165 cm³/mol. The van der Waals surface area contributed by atoms with Crippen molar-refractivity contribution in [3.05, 3.63) is 71.8 Å². The Hall–Kier alpha value is -3.35. The van der Waals surface area contributed by atoms with Crippen molar-refractivity contribution in [3.8, 4) is 0 Å². The molecule has 0 spiro atoms. The highest BCUT2D eigenvalue weighted by molar-refractivity contribution is 5.92. The molecule has 41 heavy (non-hydrogen) atoms. The van der Waals surface area contributed by atoms with Crippen molar-refractivity contribution < 1.29 is 19.1 Å². The lowest BCUT2D eigenvalue weighted by molar-refractivity contribution is -0.142. The Bertz CT molecular complexity index is 1040. The van der Waals surface area contributed by atoms with E-state index in [1.807, 2.05) is 60.7 Å². The molecule has 0 bridgehead atoms. The van der Waals surface area contributed by atoms with Crippen LogP contribution in [0.5, 0.6) is 0 Å². The molecule has 0 radical (unpaired) electrons. The van der Waals surface area contributed by atoms with Crippen molar-refractivity contribution >= 4 is 17.9 Å². The van der Waals surface area contributed by atoms with Crippen molar-refractivity contribution in [3.63, 3.8) is 0 Å². The zero-order valence-corrected chi connectivity index (χ0v) is 25.8. The fourth-order valence-electron chi connectivity index (χ4n) is 4.74. The van der Waals surface area contributed by atoms with E-state index in [0.717, 1.165) is 62.5 Å². The molecule has 2 aromatic carbocycles. The number of ether oxygens (including phenoxy) is 1. The molecular weight excluding hydrogens is 514 g/mol. The average molecular weight is 566 g/mol. The van der Waals surface area contributed by atoms with Crippen molar-refractivity contribution in [1.29, 1.82) is 0 Å². The first kappa shape index (κ1) is 33.9. The molecule has 0 heterocycles. The molecule has 2 atom stereocenters. The van der Waals surface area contributed by atoms with Crippen LogP contribution in [0.15, 0.2) is 60.7 Å². The van der Waals surface area contributed by atoms with Gasteiger partial charge in [-0.1, -0.05) is 113 Å². The SMILES string of the molecule is CCCCCCCN(C(=O)C(Cc1ccccc1)NC(=O)OC(C)(C)C)C(C(=O)NCCCCC)c1ccccc1. The summed E-state index contributed by atoms with van der Waals surface area (Å²) in [6.45, 7) is 10.6. The van der Waals surface area contributed by atoms with Gasteiger partial charge < -0.3 is 20.3 Å². The Labute approximate surface area is 247 Å². The van der Waals surface area contributed by atoms with Gasteiger partial charge in [0.2, 0.25) is 11.8 Å². The second-order valence-corrected chi connectivity index (χ2v) is 11.6. The Morgan fingerprint density at radius 1 is 0.805 bits per heavy atom. The van der Waals surface area contributed by atoms with Crippen LogP contribution in [0.1, 0.15) is 103 Å². The lowest BCUT2D eigenvalue weighted by atomic mass is 9.99. The molecule has 0 saturated heterocycles. The quantitative estimate of drug-likeness (QED) is 0.203. The van der Waals surface area contributed by atoms with Crippen LogP contribution in [0, 0.1) is 0 Å². The highest BCUT2D eigenvalue weighted by Crippen LogP contribution is 2.24. The lowest BCUT2D eigenvalue weighted by Gasteiger charge is -2.34. The fourth-order valence-corrected chi connectivity index (χ4v) is 4.74. The molecule has 0 fully saturated rings. The van der Waals surface area contributed by atoms with Gasteiger partial charge in [0, 0.05) is 19.5 Å². The summed E-state index contributed by atoms with van der Waals surface area (Å²) in [5, 5.41) is 5.91. The summed E-state index contributed by atoms with van der Waals surface area (Å²) in [4.78, 5) is 42.8. The minimum Gasteiger partial charge on any atom is -0.444 e. The smallest absolute Gasteiger partial charge is 0.408 e. The minimum atomic E-state index is -0.901. The molecule has 0 saturated carbocycles. The van der Waals surface area contributed by atoms with Crippen molar-refractivity contribution in [2.24, 2.45) is 0 Å². The van der Waals surface area contributed by atoms with Gasteiger partial charge in [-0.2, -0.15) is 0 Å². The molecule has 3 amide bonds. The maximum Gasteiger partial charge on any atom is 0.408 e. The number of nitrogens with zero attached hydrogens (tertiary/aromatic N) is 1. The van der Waals surface area contributed by atoms with Crippen molar-refractivity contribution in [2.75, 3.05) is 13.1 Å². The van der Waals surface area contributed by atoms with Gasteiger partial charge in [-0.3, -0.25) is 9.59 Å². The van der Waals surface area contributed by atoms with Gasteiger partial charge in [-0.25, -0.2) is 4.79 Å². The lowest BCUT2D eigenvalue weighted by Crippen LogP contribution is -2.54. The number of hydrogen-bond acceptors (Lipinski definition) is 4. The Kier molecular flexibility index (Phi) is 15.0. The monoisotopic (exact) mass is 565 g/mol. The van der Waals surface area contributed by atoms with E-state index in [-0.39, 0.29) is 18.2 Å². The summed E-state index contributed by atoms with van der Waals surface area (Å²) >= 11 is 0. The van der Waals surface area contributed by atoms with Gasteiger partial charge >= 0.3 is 6.09 Å². The topological polar surface area (TPSA) is 87.7 Å². The second-order valence-electron chi connectivity index (χ2n) is 11.6. The summed E-state index contributed by atoms with van der Waals surface area (Å²) in [6, 6.07) is 17.3. The molecule has 0 aliphatic carbocycles. The highest BCUT2D eigenvalue weighted by atomic mass is 16.6. The van der Waals surface area contributed by atoms with Crippen LogP contribution in [0.2, 0.25) is 0 Å². The zero-order valence-electron chi connectivity index (χ0n) is 25.8. The molecule has 226 valence electrons. The molecule has 2 aromatic rings. The first-order valence-electron chi connectivity index (χ1n) is 15.3. The number of benzene rings is 2. The maximum absolute atomic E-state index is 14.4. The molecule has 2 unspecified atom stereocenters. The number of alkyl carbamates (subject to hydrolysis) is 1. The minimum absolute atomic E-state index is 0.204. The molecule has 7 heteroatoms. The third-order valence-electron chi connectivity index (χ3n) is 6.81. The summed E-state index contributed by atoms with van der Waals surface area (Å²) in [5.41, 5.74) is 0.942. The normalized spacial score (nSPS) is 12.7. The van der Waals surface area contributed by atoms with Crippen LogP contribution in [-0.4, -0.2) is 47.5 Å². The highest BCUT2D eigenvalue weighted by Gasteiger charge is 2.36. The maximum atomic E-state index is 14.4. The van der Waals surface area contributed by atoms with E-state index in [1.165, 1.54) is 0 Å². The molecule has 2 N–H and O–H groups in total. The molecule has 7 nitrogen and oxygen atoms in total. The predicted octanol–water partition coefficient (Wildman–Crippen LogP) is 6.97. The Morgan fingerprint density at radius 2 is 1.39 bits per heavy atom. The zero-order chi connectivity index (χ0) is 30.1. The second kappa shape index (κ2) is 18.2. The fraction of sp³-hybridized carbons (Fsp3) is 0.559. The summed E-state index contributed by atoms with van der Waals surface area (Å²) < 4.78 is 5.53. The van der Waals surface area contributed by atoms with Gasteiger partial charge in [0.15, 0.2) is 0 Å². The number of unbranched alkanes of at least 4 members (excludes halogenated alkanes) is 6. The van der Waals surface area contributed by atoms with Gasteiger partial charge in [0.05, 0.1) is 0 Å². The molecule has 2 rings (SSSR count). The van der Waals surface area contributed by atoms with Crippen molar-refractivity contribution in [2.45, 2.75) is 110 Å².